The number of methoxy groups -OCH3 is 2. The lowest BCUT2D eigenvalue weighted by Crippen LogP contribution is -2.37. The summed E-state index contributed by atoms with van der Waals surface area (Å²) < 4.78 is 16.7. The fraction of sp³-hybridized carbons (Fsp3) is 0.531. The van der Waals surface area contributed by atoms with Crippen LogP contribution in [0.4, 0.5) is 16.2 Å². The Balaban J connectivity index is 2.69. The van der Waals surface area contributed by atoms with E-state index in [4.69, 9.17) is 19.9 Å². The summed E-state index contributed by atoms with van der Waals surface area (Å²) >= 11 is 0. The lowest BCUT2D eigenvalue weighted by Gasteiger charge is -2.29. The number of rotatable bonds is 6. The Morgan fingerprint density at radius 1 is 1.20 bits per heavy atom. The zero-order valence-corrected chi connectivity index (χ0v) is 26.9. The number of fused-ring (bicyclic) bond motifs is 2. The Bertz CT molecular complexity index is 1270. The molecule has 2 rings (SSSR count). The summed E-state index contributed by atoms with van der Waals surface area (Å²) in [7, 11) is 6.71. The van der Waals surface area contributed by atoms with Gasteiger partial charge in [0.15, 0.2) is 6.10 Å². The quantitative estimate of drug-likeness (QED) is 0.138. The highest BCUT2D eigenvalue weighted by Crippen LogP contribution is 2.44. The molecule has 2 bridgehead atoms. The van der Waals surface area contributed by atoms with E-state index < -0.39 is 42.3 Å². The molecule has 12 nitrogen and oxygen atoms in total. The van der Waals surface area contributed by atoms with E-state index in [1.807, 2.05) is 32.8 Å². The van der Waals surface area contributed by atoms with Crippen LogP contribution in [0.3, 0.4) is 0 Å². The molecule has 0 aliphatic carbocycles. The number of primary amides is 1. The lowest BCUT2D eigenvalue weighted by molar-refractivity contribution is -0.112. The molecular weight excluding hydrogens is 568 g/mol. The average Bonchev–Trinajstić information content (AvgIpc) is 2.95. The second-order valence-corrected chi connectivity index (χ2v) is 11.5. The molecule has 0 unspecified atom stereocenters. The molecule has 1 aliphatic heterocycles. The van der Waals surface area contributed by atoms with Gasteiger partial charge in [-0.05, 0) is 52.3 Å². The first kappa shape index (κ1) is 36.5. The number of phenols is 2. The molecule has 1 aromatic rings. The molecule has 2 amide bonds. The number of aliphatic hydroxyl groups excluding tert-OH is 1. The maximum absolute atomic E-state index is 13.1. The number of carbonyl (C=O) groups is 2. The summed E-state index contributed by atoms with van der Waals surface area (Å²) in [6.45, 7) is 7.59. The van der Waals surface area contributed by atoms with Crippen LogP contribution in [0, 0.1) is 11.8 Å². The number of carbonyl (C=O) groups excluding carboxylic acids is 2. The number of phenolic OH excluding ortho intramolecular Hbond substituents is 2. The molecular formula is C32H48N4O8. The third-order valence-electron chi connectivity index (χ3n) is 7.47. The first-order valence-electron chi connectivity index (χ1n) is 14.5. The second kappa shape index (κ2) is 17.0. The largest absolute Gasteiger partial charge is 0.506 e. The van der Waals surface area contributed by atoms with E-state index in [1.165, 1.54) is 26.4 Å². The van der Waals surface area contributed by atoms with Crippen LogP contribution in [-0.4, -0.2) is 97.7 Å². The number of hydrogen-bond acceptors (Lipinski definition) is 10. The summed E-state index contributed by atoms with van der Waals surface area (Å²) in [5, 5.41) is 36.2. The van der Waals surface area contributed by atoms with Crippen molar-refractivity contribution in [3.63, 3.8) is 0 Å². The summed E-state index contributed by atoms with van der Waals surface area (Å²) in [6.07, 6.45) is 4.57. The highest BCUT2D eigenvalue weighted by atomic mass is 16.6. The molecule has 0 saturated carbocycles. The zero-order chi connectivity index (χ0) is 33.1. The maximum Gasteiger partial charge on any atom is 0.405 e. The molecule has 1 aliphatic rings. The SMILES string of the molecule is CO[C@H]1C=C/C=C(\C)C(=O)Nc2cc(O)c(N=CCN(C)C)c(c2O)C[C@@H](C)C[C@H](OC)[C@H](O)[C@@H](C)/C=C(\C)[C@@H]1OC(N)=O. The molecule has 0 radical (unpaired) electrons. The minimum absolute atomic E-state index is 0.0253. The first-order chi connectivity index (χ1) is 20.7. The van der Waals surface area contributed by atoms with Crippen LogP contribution in [0.2, 0.25) is 0 Å². The maximum atomic E-state index is 13.1. The predicted molar refractivity (Wildman–Crippen MR) is 170 cm³/mol. The summed E-state index contributed by atoms with van der Waals surface area (Å²) in [5.41, 5.74) is 6.82. The van der Waals surface area contributed by atoms with E-state index in [-0.39, 0.29) is 40.8 Å². The Labute approximate surface area is 259 Å². The van der Waals surface area contributed by atoms with Gasteiger partial charge in [0.25, 0.3) is 5.91 Å². The van der Waals surface area contributed by atoms with Gasteiger partial charge in [-0.25, -0.2) is 4.79 Å². The van der Waals surface area contributed by atoms with E-state index in [1.54, 1.807) is 38.3 Å². The third-order valence-corrected chi connectivity index (χ3v) is 7.47. The number of nitrogens with one attached hydrogen (secondary N) is 1. The van der Waals surface area contributed by atoms with Crippen LogP contribution >= 0.6 is 0 Å². The van der Waals surface area contributed by atoms with Crippen molar-refractivity contribution in [3.8, 4) is 11.5 Å². The number of nitrogens with two attached hydrogens (primary N) is 1. The van der Waals surface area contributed by atoms with Gasteiger partial charge in [-0.15, -0.1) is 0 Å². The van der Waals surface area contributed by atoms with Crippen molar-refractivity contribution < 1.29 is 39.1 Å². The summed E-state index contributed by atoms with van der Waals surface area (Å²) in [6, 6.07) is 1.26. The highest BCUT2D eigenvalue weighted by Gasteiger charge is 2.30. The topological polar surface area (TPSA) is 176 Å². The zero-order valence-electron chi connectivity index (χ0n) is 26.9. The van der Waals surface area contributed by atoms with E-state index >= 15 is 0 Å². The fourth-order valence-corrected chi connectivity index (χ4v) is 5.03. The van der Waals surface area contributed by atoms with E-state index in [2.05, 4.69) is 10.3 Å². The van der Waals surface area contributed by atoms with Gasteiger partial charge in [-0.3, -0.25) is 9.79 Å². The molecule has 6 atom stereocenters. The Kier molecular flexibility index (Phi) is 14.1. The molecule has 0 spiro atoms. The van der Waals surface area contributed by atoms with Crippen LogP contribution in [0.1, 0.15) is 39.7 Å². The number of anilines is 1. The number of benzene rings is 1. The van der Waals surface area contributed by atoms with E-state index in [9.17, 15) is 24.9 Å². The van der Waals surface area contributed by atoms with Crippen molar-refractivity contribution in [3.05, 3.63) is 47.1 Å². The van der Waals surface area contributed by atoms with Crippen LogP contribution in [0.25, 0.3) is 0 Å². The van der Waals surface area contributed by atoms with Gasteiger partial charge in [0.05, 0.1) is 17.9 Å². The van der Waals surface area contributed by atoms with E-state index in [0.717, 1.165) is 0 Å². The number of aliphatic hydroxyl groups is 1. The van der Waals surface area contributed by atoms with Crippen molar-refractivity contribution in [1.82, 2.24) is 4.90 Å². The van der Waals surface area contributed by atoms with Gasteiger partial charge in [-0.1, -0.05) is 38.2 Å². The van der Waals surface area contributed by atoms with Gasteiger partial charge in [0.2, 0.25) is 0 Å². The molecule has 1 heterocycles. The molecule has 6 N–H and O–H groups in total. The minimum Gasteiger partial charge on any atom is -0.506 e. The third kappa shape index (κ3) is 10.2. The van der Waals surface area contributed by atoms with Crippen molar-refractivity contribution in [1.29, 1.82) is 0 Å². The van der Waals surface area contributed by atoms with E-state index in [0.29, 0.717) is 24.1 Å². The smallest absolute Gasteiger partial charge is 0.405 e. The van der Waals surface area contributed by atoms with Gasteiger partial charge in [0.1, 0.15) is 23.3 Å². The van der Waals surface area contributed by atoms with Crippen molar-refractivity contribution >= 4 is 29.6 Å². The highest BCUT2D eigenvalue weighted by molar-refractivity contribution is 6.04. The monoisotopic (exact) mass is 616 g/mol. The molecule has 44 heavy (non-hydrogen) atoms. The number of hydrogen-bond donors (Lipinski definition) is 5. The summed E-state index contributed by atoms with van der Waals surface area (Å²) in [4.78, 5) is 31.2. The van der Waals surface area contributed by atoms with Crippen molar-refractivity contribution in [2.24, 2.45) is 22.6 Å². The van der Waals surface area contributed by atoms with Crippen LogP contribution in [0.15, 0.2) is 46.5 Å². The van der Waals surface area contributed by atoms with Gasteiger partial charge < -0.3 is 45.5 Å². The Hall–Kier alpha value is -3.71. The standard InChI is InChI=1S/C32H48N4O8/c1-18-14-22-27(34-12-13-36(5)6)24(37)17-23(29(22)39)35-31(40)19(2)10-9-11-25(42-7)30(44-32(33)41)21(4)16-20(3)28(38)26(15-18)43-8/h9-12,16-18,20,25-26,28,30,37-39H,13-15H2,1-8H3,(H2,33,41)(H,35,40)/b11-9?,19-10+,21-16+,34-12?/t18-,20+,25+,26+,28-,30+/m1/s1. The van der Waals surface area contributed by atoms with Gasteiger partial charge >= 0.3 is 6.09 Å². The number of allylic oxidation sites excluding steroid dienone is 2. The molecule has 0 saturated heterocycles. The number of ether oxygens (including phenoxy) is 3. The molecule has 0 fully saturated rings. The molecule has 244 valence electrons. The minimum atomic E-state index is -0.991. The normalized spacial score (nSPS) is 28.3. The molecule has 0 aromatic heterocycles. The van der Waals surface area contributed by atoms with Crippen LogP contribution in [0.5, 0.6) is 11.5 Å². The number of amides is 2. The molecule has 1 aromatic carbocycles. The Morgan fingerprint density at radius 2 is 1.89 bits per heavy atom. The predicted octanol–water partition coefficient (Wildman–Crippen LogP) is 3.82. The lowest BCUT2D eigenvalue weighted by atomic mass is 9.87. The fourth-order valence-electron chi connectivity index (χ4n) is 5.03. The average molecular weight is 617 g/mol. The number of nitrogens with zero attached hydrogens (tertiary/aromatic N) is 2. The summed E-state index contributed by atoms with van der Waals surface area (Å²) in [5.74, 6) is -1.53. The van der Waals surface area contributed by atoms with Crippen molar-refractivity contribution in [2.45, 2.75) is 65.0 Å². The number of aliphatic imine (C=N–C) groups is 1. The van der Waals surface area contributed by atoms with Gasteiger partial charge in [0, 0.05) is 50.1 Å². The van der Waals surface area contributed by atoms with Crippen molar-refractivity contribution in [2.75, 3.05) is 40.2 Å². The van der Waals surface area contributed by atoms with Gasteiger partial charge in [-0.2, -0.15) is 0 Å². The van der Waals surface area contributed by atoms with Crippen LogP contribution < -0.4 is 11.1 Å². The van der Waals surface area contributed by atoms with Crippen LogP contribution in [-0.2, 0) is 25.4 Å². The Morgan fingerprint density at radius 3 is 2.48 bits per heavy atom. The second-order valence-electron chi connectivity index (χ2n) is 11.5. The number of aromatic hydroxyl groups is 2. The first-order valence-corrected chi connectivity index (χ1v) is 14.5. The molecule has 12 heteroatoms.